The van der Waals surface area contributed by atoms with Gasteiger partial charge in [-0.1, -0.05) is 37.6 Å². The van der Waals surface area contributed by atoms with Crippen LogP contribution in [0.1, 0.15) is 19.4 Å². The lowest BCUT2D eigenvalue weighted by molar-refractivity contribution is 0.204. The van der Waals surface area contributed by atoms with E-state index in [0.29, 0.717) is 25.7 Å². The number of halogens is 1. The zero-order valence-electron chi connectivity index (χ0n) is 11.7. The first-order valence-corrected chi connectivity index (χ1v) is 6.62. The van der Waals surface area contributed by atoms with Gasteiger partial charge in [-0.15, -0.1) is 0 Å². The molecule has 0 aliphatic carbocycles. The second-order valence-electron chi connectivity index (χ2n) is 5.02. The van der Waals surface area contributed by atoms with Gasteiger partial charge in [0.1, 0.15) is 0 Å². The fourth-order valence-corrected chi connectivity index (χ4v) is 1.81. The lowest BCUT2D eigenvalue weighted by Gasteiger charge is -2.23. The molecule has 0 atom stereocenters. The molecule has 0 aliphatic heterocycles. The molecular weight excluding hydrogens is 262 g/mol. The van der Waals surface area contributed by atoms with Crippen LogP contribution in [0.3, 0.4) is 0 Å². The van der Waals surface area contributed by atoms with Crippen LogP contribution in [0.15, 0.2) is 29.3 Å². The molecule has 1 aromatic carbocycles. The van der Waals surface area contributed by atoms with Gasteiger partial charge in [0, 0.05) is 24.1 Å². The van der Waals surface area contributed by atoms with Gasteiger partial charge >= 0.3 is 0 Å². The number of nitrogens with zero attached hydrogens (tertiary/aromatic N) is 1. The Morgan fingerprint density at radius 2 is 2.21 bits per heavy atom. The van der Waals surface area contributed by atoms with Gasteiger partial charge < -0.3 is 15.8 Å². The van der Waals surface area contributed by atoms with E-state index in [0.717, 1.165) is 10.6 Å². The Morgan fingerprint density at radius 1 is 1.47 bits per heavy atom. The molecule has 0 bridgehead atoms. The van der Waals surface area contributed by atoms with Gasteiger partial charge in [-0.25, -0.2) is 0 Å². The number of hydrogen-bond acceptors (Lipinski definition) is 2. The van der Waals surface area contributed by atoms with Crippen molar-refractivity contribution in [1.29, 1.82) is 0 Å². The molecule has 0 fully saturated rings. The predicted molar refractivity (Wildman–Crippen MR) is 80.8 cm³/mol. The lowest BCUT2D eigenvalue weighted by Crippen LogP contribution is -2.35. The van der Waals surface area contributed by atoms with Gasteiger partial charge in [0.25, 0.3) is 0 Å². The van der Waals surface area contributed by atoms with Crippen molar-refractivity contribution in [2.75, 3.05) is 26.8 Å². The minimum absolute atomic E-state index is 0.113. The predicted octanol–water partition coefficient (Wildman–Crippen LogP) is 2.17. The Bertz CT molecular complexity index is 432. The smallest absolute Gasteiger partial charge is 0.188 e. The third-order valence-electron chi connectivity index (χ3n) is 2.86. The van der Waals surface area contributed by atoms with Crippen molar-refractivity contribution in [3.05, 3.63) is 34.9 Å². The summed E-state index contributed by atoms with van der Waals surface area (Å²) in [5.74, 6) is 0.437. The average molecular weight is 284 g/mol. The van der Waals surface area contributed by atoms with E-state index >= 15 is 0 Å². The highest BCUT2D eigenvalue weighted by atomic mass is 35.5. The fourth-order valence-electron chi connectivity index (χ4n) is 1.62. The molecule has 5 heteroatoms. The summed E-state index contributed by atoms with van der Waals surface area (Å²) in [6.07, 6.45) is 0. The molecule has 0 heterocycles. The molecule has 0 saturated carbocycles. The van der Waals surface area contributed by atoms with Gasteiger partial charge in [0.2, 0.25) is 0 Å². The molecule has 4 nitrogen and oxygen atoms in total. The average Bonchev–Trinajstić information content (AvgIpc) is 2.37. The number of rotatable bonds is 6. The molecule has 0 aromatic heterocycles. The van der Waals surface area contributed by atoms with Crippen LogP contribution in [-0.2, 0) is 10.2 Å². The SMILES string of the molecule is COCCNC(N)=NCC(C)(C)c1cccc(Cl)c1. The van der Waals surface area contributed by atoms with Crippen LogP contribution >= 0.6 is 11.6 Å². The van der Waals surface area contributed by atoms with Crippen molar-refractivity contribution in [3.8, 4) is 0 Å². The zero-order chi connectivity index (χ0) is 14.3. The minimum atomic E-state index is -0.113. The Labute approximate surface area is 120 Å². The van der Waals surface area contributed by atoms with Crippen LogP contribution in [0.2, 0.25) is 5.02 Å². The Morgan fingerprint density at radius 3 is 2.84 bits per heavy atom. The molecule has 0 saturated heterocycles. The maximum atomic E-state index is 6.01. The van der Waals surface area contributed by atoms with Crippen molar-refractivity contribution in [2.45, 2.75) is 19.3 Å². The number of hydrogen-bond donors (Lipinski definition) is 2. The minimum Gasteiger partial charge on any atom is -0.383 e. The molecular formula is C14H22ClN3O. The largest absolute Gasteiger partial charge is 0.383 e. The number of nitrogens with two attached hydrogens (primary N) is 1. The first-order chi connectivity index (χ1) is 8.95. The highest BCUT2D eigenvalue weighted by Crippen LogP contribution is 2.25. The number of aliphatic imine (C=N–C) groups is 1. The van der Waals surface area contributed by atoms with Crippen LogP contribution in [0.25, 0.3) is 0 Å². The normalized spacial score (nSPS) is 12.5. The summed E-state index contributed by atoms with van der Waals surface area (Å²) in [4.78, 5) is 4.36. The van der Waals surface area contributed by atoms with E-state index in [-0.39, 0.29) is 5.41 Å². The highest BCUT2D eigenvalue weighted by Gasteiger charge is 2.20. The summed E-state index contributed by atoms with van der Waals surface area (Å²) in [6, 6.07) is 7.83. The lowest BCUT2D eigenvalue weighted by atomic mass is 9.85. The molecule has 3 N–H and O–H groups in total. The molecule has 19 heavy (non-hydrogen) atoms. The van der Waals surface area contributed by atoms with Gasteiger partial charge in [-0.3, -0.25) is 4.99 Å². The van der Waals surface area contributed by atoms with Crippen molar-refractivity contribution in [2.24, 2.45) is 10.7 Å². The quantitative estimate of drug-likeness (QED) is 0.478. The molecule has 0 aliphatic rings. The molecule has 0 unspecified atom stereocenters. The standard InChI is InChI=1S/C14H22ClN3O/c1-14(2,11-5-4-6-12(15)9-11)10-18-13(16)17-7-8-19-3/h4-6,9H,7-8,10H2,1-3H3,(H3,16,17,18). The molecule has 0 spiro atoms. The molecule has 106 valence electrons. The maximum Gasteiger partial charge on any atom is 0.188 e. The number of ether oxygens (including phenoxy) is 1. The Balaban J connectivity index is 2.61. The van der Waals surface area contributed by atoms with E-state index in [4.69, 9.17) is 22.1 Å². The third-order valence-corrected chi connectivity index (χ3v) is 3.10. The molecule has 1 rings (SSSR count). The fraction of sp³-hybridized carbons (Fsp3) is 0.500. The van der Waals surface area contributed by atoms with Crippen molar-refractivity contribution >= 4 is 17.6 Å². The van der Waals surface area contributed by atoms with E-state index in [9.17, 15) is 0 Å². The second-order valence-corrected chi connectivity index (χ2v) is 5.45. The molecule has 0 radical (unpaired) electrons. The van der Waals surface area contributed by atoms with E-state index in [2.05, 4.69) is 30.2 Å². The van der Waals surface area contributed by atoms with Crippen molar-refractivity contribution in [3.63, 3.8) is 0 Å². The van der Waals surface area contributed by atoms with Crippen molar-refractivity contribution < 1.29 is 4.74 Å². The van der Waals surface area contributed by atoms with Crippen molar-refractivity contribution in [1.82, 2.24) is 5.32 Å². The molecule has 1 aromatic rings. The van der Waals surface area contributed by atoms with Gasteiger partial charge in [0.15, 0.2) is 5.96 Å². The third kappa shape index (κ3) is 5.49. The number of nitrogens with one attached hydrogen (secondary N) is 1. The van der Waals surface area contributed by atoms with E-state index in [1.54, 1.807) is 7.11 Å². The zero-order valence-corrected chi connectivity index (χ0v) is 12.5. The summed E-state index contributed by atoms with van der Waals surface area (Å²) in [5, 5.41) is 3.73. The second kappa shape index (κ2) is 7.36. The summed E-state index contributed by atoms with van der Waals surface area (Å²) in [5.41, 5.74) is 6.82. The van der Waals surface area contributed by atoms with E-state index < -0.39 is 0 Å². The van der Waals surface area contributed by atoms with Crippen LogP contribution < -0.4 is 11.1 Å². The highest BCUT2D eigenvalue weighted by molar-refractivity contribution is 6.30. The van der Waals surface area contributed by atoms with Gasteiger partial charge in [-0.05, 0) is 17.7 Å². The van der Waals surface area contributed by atoms with Gasteiger partial charge in [-0.2, -0.15) is 0 Å². The van der Waals surface area contributed by atoms with Crippen LogP contribution in [0.5, 0.6) is 0 Å². The summed E-state index contributed by atoms with van der Waals surface area (Å²) in [7, 11) is 1.65. The Kier molecular flexibility index (Phi) is 6.12. The molecule has 0 amide bonds. The van der Waals surface area contributed by atoms with Crippen LogP contribution in [0, 0.1) is 0 Å². The summed E-state index contributed by atoms with van der Waals surface area (Å²) in [6.45, 7) is 6.09. The van der Waals surface area contributed by atoms with Crippen LogP contribution in [0.4, 0.5) is 0 Å². The summed E-state index contributed by atoms with van der Waals surface area (Å²) < 4.78 is 4.93. The number of benzene rings is 1. The monoisotopic (exact) mass is 283 g/mol. The van der Waals surface area contributed by atoms with Gasteiger partial charge in [0.05, 0.1) is 13.2 Å². The summed E-state index contributed by atoms with van der Waals surface area (Å²) >= 11 is 6.01. The number of guanidine groups is 1. The number of methoxy groups -OCH3 is 1. The van der Waals surface area contributed by atoms with E-state index in [1.165, 1.54) is 0 Å². The topological polar surface area (TPSA) is 59.6 Å². The first-order valence-electron chi connectivity index (χ1n) is 6.24. The van der Waals surface area contributed by atoms with E-state index in [1.807, 2.05) is 18.2 Å². The maximum absolute atomic E-state index is 6.01. The first kappa shape index (κ1) is 15.8. The Hall–Kier alpha value is -1.26. The van der Waals surface area contributed by atoms with Crippen LogP contribution in [-0.4, -0.2) is 32.8 Å².